The Balaban J connectivity index is 1.71. The van der Waals surface area contributed by atoms with Gasteiger partial charge in [-0.3, -0.25) is 4.79 Å². The molecule has 0 saturated heterocycles. The Morgan fingerprint density at radius 3 is 2.00 bits per heavy atom. The van der Waals surface area contributed by atoms with Crippen molar-refractivity contribution in [3.05, 3.63) is 59.4 Å². The highest BCUT2D eigenvalue weighted by atomic mass is 32.2. The molecule has 14 heteroatoms. The second-order valence-corrected chi connectivity index (χ2v) is 9.38. The second kappa shape index (κ2) is 8.82. The molecule has 0 aliphatic heterocycles. The molecule has 1 fully saturated rings. The molecule has 0 radical (unpaired) electrons. The molecule has 1 aliphatic rings. The number of alkyl halides is 6. The van der Waals surface area contributed by atoms with Gasteiger partial charge in [0.1, 0.15) is 5.82 Å². The Bertz CT molecular complexity index is 1160. The molecular formula is C20H17F7N2O4S. The van der Waals surface area contributed by atoms with E-state index in [-0.39, 0.29) is 29.5 Å². The average Bonchev–Trinajstić information content (AvgIpc) is 3.49. The van der Waals surface area contributed by atoms with E-state index in [0.29, 0.717) is 11.6 Å². The molecular weight excluding hydrogens is 497 g/mol. The fraction of sp³-hybridized carbons (Fsp3) is 0.350. The van der Waals surface area contributed by atoms with E-state index in [1.165, 1.54) is 24.3 Å². The van der Waals surface area contributed by atoms with Crippen LogP contribution in [0.25, 0.3) is 0 Å². The largest absolute Gasteiger partial charge is 0.430 e. The Labute approximate surface area is 188 Å². The van der Waals surface area contributed by atoms with Crippen molar-refractivity contribution in [1.29, 1.82) is 0 Å². The predicted molar refractivity (Wildman–Crippen MR) is 105 cm³/mol. The van der Waals surface area contributed by atoms with Crippen LogP contribution in [0, 0.1) is 5.82 Å². The third-order valence-corrected chi connectivity index (χ3v) is 6.50. The quantitative estimate of drug-likeness (QED) is 0.491. The van der Waals surface area contributed by atoms with Gasteiger partial charge in [-0.05, 0) is 42.7 Å². The maximum Gasteiger partial charge on any atom is 0.430 e. The summed E-state index contributed by atoms with van der Waals surface area (Å²) >= 11 is 0. The number of anilines is 1. The van der Waals surface area contributed by atoms with Crippen LogP contribution in [0.4, 0.5) is 36.4 Å². The summed E-state index contributed by atoms with van der Waals surface area (Å²) in [7, 11) is -3.71. The Hall–Kier alpha value is -2.71. The van der Waals surface area contributed by atoms with E-state index in [2.05, 4.69) is 10.0 Å². The topological polar surface area (TPSA) is 95.5 Å². The maximum absolute atomic E-state index is 14.2. The van der Waals surface area contributed by atoms with Crippen LogP contribution in [-0.4, -0.2) is 37.8 Å². The van der Waals surface area contributed by atoms with E-state index in [1.807, 2.05) is 0 Å². The van der Waals surface area contributed by atoms with Crippen LogP contribution in [0.3, 0.4) is 0 Å². The number of aliphatic hydroxyl groups is 1. The Morgan fingerprint density at radius 2 is 1.53 bits per heavy atom. The lowest BCUT2D eigenvalue weighted by Crippen LogP contribution is -2.54. The van der Waals surface area contributed by atoms with E-state index in [1.54, 1.807) is 0 Å². The SMILES string of the molecule is O=C(Cc1ccc(S(=O)(=O)NC2CC2)cc1)Nc1ccc(C(O)(C(F)(F)F)C(F)(F)F)c(F)c1. The number of hydrogen-bond acceptors (Lipinski definition) is 4. The molecule has 0 bridgehead atoms. The minimum absolute atomic E-state index is 0.0250. The van der Waals surface area contributed by atoms with Gasteiger partial charge in [-0.15, -0.1) is 0 Å². The highest BCUT2D eigenvalue weighted by Gasteiger charge is 2.72. The van der Waals surface area contributed by atoms with Gasteiger partial charge in [0.25, 0.3) is 5.60 Å². The number of carbonyl (C=O) groups is 1. The first kappa shape index (κ1) is 25.9. The van der Waals surface area contributed by atoms with Gasteiger partial charge in [-0.2, -0.15) is 26.3 Å². The van der Waals surface area contributed by atoms with Gasteiger partial charge in [0, 0.05) is 17.3 Å². The van der Waals surface area contributed by atoms with Crippen molar-refractivity contribution in [2.75, 3.05) is 5.32 Å². The van der Waals surface area contributed by atoms with Crippen molar-refractivity contribution in [1.82, 2.24) is 4.72 Å². The molecule has 186 valence electrons. The standard InChI is InChI=1S/C20H17F7N2O4S/c21-16-10-13(5-8-15(16)18(31,19(22,23)24)20(25,26)27)28-17(30)9-11-1-6-14(7-2-11)34(32,33)29-12-3-4-12/h1-2,5-8,10,12,29,31H,3-4,9H2,(H,28,30). The fourth-order valence-electron chi connectivity index (χ4n) is 3.02. The summed E-state index contributed by atoms with van der Waals surface area (Å²) in [5.41, 5.74) is -7.63. The molecule has 1 amide bonds. The molecule has 1 saturated carbocycles. The highest BCUT2D eigenvalue weighted by Crippen LogP contribution is 2.50. The fourth-order valence-corrected chi connectivity index (χ4v) is 4.32. The lowest BCUT2D eigenvalue weighted by Gasteiger charge is -2.32. The number of halogens is 7. The van der Waals surface area contributed by atoms with Crippen LogP contribution in [-0.2, 0) is 26.8 Å². The summed E-state index contributed by atoms with van der Waals surface area (Å²) in [5, 5.41) is 11.4. The zero-order chi connectivity index (χ0) is 25.5. The summed E-state index contributed by atoms with van der Waals surface area (Å²) in [6.07, 6.45) is -11.4. The zero-order valence-electron chi connectivity index (χ0n) is 17.0. The third-order valence-electron chi connectivity index (χ3n) is 4.96. The third kappa shape index (κ3) is 5.33. The van der Waals surface area contributed by atoms with Crippen molar-refractivity contribution in [3.8, 4) is 0 Å². The van der Waals surface area contributed by atoms with Crippen molar-refractivity contribution in [3.63, 3.8) is 0 Å². The van der Waals surface area contributed by atoms with Crippen LogP contribution in [0.2, 0.25) is 0 Å². The van der Waals surface area contributed by atoms with Crippen LogP contribution in [0.15, 0.2) is 47.4 Å². The number of hydrogen-bond donors (Lipinski definition) is 3. The molecule has 0 heterocycles. The lowest BCUT2D eigenvalue weighted by molar-refractivity contribution is -0.377. The van der Waals surface area contributed by atoms with Crippen LogP contribution < -0.4 is 10.0 Å². The number of carbonyl (C=O) groups excluding carboxylic acids is 1. The lowest BCUT2D eigenvalue weighted by atomic mass is 9.91. The van der Waals surface area contributed by atoms with Crippen molar-refractivity contribution >= 4 is 21.6 Å². The first-order valence-electron chi connectivity index (χ1n) is 9.61. The first-order chi connectivity index (χ1) is 15.5. The number of sulfonamides is 1. The molecule has 3 rings (SSSR count). The first-order valence-corrected chi connectivity index (χ1v) is 11.1. The average molecular weight is 514 g/mol. The molecule has 1 aliphatic carbocycles. The number of rotatable bonds is 7. The van der Waals surface area contributed by atoms with Gasteiger partial charge in [0.2, 0.25) is 15.9 Å². The molecule has 3 N–H and O–H groups in total. The smallest absolute Gasteiger partial charge is 0.369 e. The van der Waals surface area contributed by atoms with Gasteiger partial charge in [-0.25, -0.2) is 17.5 Å². The minimum Gasteiger partial charge on any atom is -0.369 e. The number of amides is 1. The van der Waals surface area contributed by atoms with Gasteiger partial charge < -0.3 is 10.4 Å². The summed E-state index contributed by atoms with van der Waals surface area (Å²) in [6.45, 7) is 0. The monoisotopic (exact) mass is 514 g/mol. The van der Waals surface area contributed by atoms with Gasteiger partial charge in [0.05, 0.1) is 11.3 Å². The molecule has 34 heavy (non-hydrogen) atoms. The van der Waals surface area contributed by atoms with E-state index in [9.17, 15) is 49.1 Å². The molecule has 0 spiro atoms. The second-order valence-electron chi connectivity index (χ2n) is 7.67. The van der Waals surface area contributed by atoms with Crippen molar-refractivity contribution < 1.29 is 49.1 Å². The minimum atomic E-state index is -6.26. The van der Waals surface area contributed by atoms with Gasteiger partial charge in [-0.1, -0.05) is 18.2 Å². The number of nitrogens with one attached hydrogen (secondary N) is 2. The summed E-state index contributed by atoms with van der Waals surface area (Å²) in [4.78, 5) is 12.1. The van der Waals surface area contributed by atoms with E-state index >= 15 is 0 Å². The molecule has 2 aromatic carbocycles. The van der Waals surface area contributed by atoms with E-state index < -0.39 is 51.0 Å². The van der Waals surface area contributed by atoms with E-state index in [4.69, 9.17) is 0 Å². The molecule has 2 aromatic rings. The molecule has 0 atom stereocenters. The molecule has 0 unspecified atom stereocenters. The Morgan fingerprint density at radius 1 is 0.971 bits per heavy atom. The van der Waals surface area contributed by atoms with Crippen molar-refractivity contribution in [2.24, 2.45) is 0 Å². The van der Waals surface area contributed by atoms with Crippen LogP contribution >= 0.6 is 0 Å². The molecule has 6 nitrogen and oxygen atoms in total. The summed E-state index contributed by atoms with van der Waals surface area (Å²) in [5.74, 6) is -2.84. The Kier molecular flexibility index (Phi) is 6.72. The molecule has 0 aromatic heterocycles. The van der Waals surface area contributed by atoms with Crippen LogP contribution in [0.1, 0.15) is 24.0 Å². The summed E-state index contributed by atoms with van der Waals surface area (Å²) in [6, 6.07) is 5.99. The normalized spacial score (nSPS) is 15.3. The number of benzene rings is 2. The maximum atomic E-state index is 14.2. The highest BCUT2D eigenvalue weighted by molar-refractivity contribution is 7.89. The zero-order valence-corrected chi connectivity index (χ0v) is 17.8. The van der Waals surface area contributed by atoms with Gasteiger partial charge in [0.15, 0.2) is 0 Å². The van der Waals surface area contributed by atoms with E-state index in [0.717, 1.165) is 12.8 Å². The van der Waals surface area contributed by atoms with Crippen LogP contribution in [0.5, 0.6) is 0 Å². The predicted octanol–water partition coefficient (Wildman–Crippen LogP) is 3.76. The summed E-state index contributed by atoms with van der Waals surface area (Å²) < 4.78 is 119. The van der Waals surface area contributed by atoms with Crippen molar-refractivity contribution in [2.45, 2.75) is 48.2 Å². The van der Waals surface area contributed by atoms with Gasteiger partial charge >= 0.3 is 12.4 Å².